The lowest BCUT2D eigenvalue weighted by Gasteiger charge is -2.41. The van der Waals surface area contributed by atoms with E-state index in [1.165, 1.54) is 0 Å². The maximum absolute atomic E-state index is 13.0. The average molecular weight is 338 g/mol. The zero-order chi connectivity index (χ0) is 18.3. The number of fused-ring (bicyclic) bond motifs is 1. The minimum Gasteiger partial charge on any atom is -0.465 e. The van der Waals surface area contributed by atoms with E-state index < -0.39 is 5.41 Å². The number of ether oxygens (including phenoxy) is 2. The molecule has 4 nitrogen and oxygen atoms in total. The predicted molar refractivity (Wildman–Crippen MR) is 93.2 cm³/mol. The van der Waals surface area contributed by atoms with Crippen molar-refractivity contribution >= 4 is 11.9 Å². The second kappa shape index (κ2) is 6.68. The van der Waals surface area contributed by atoms with E-state index in [2.05, 4.69) is 34.6 Å². The Balaban J connectivity index is 2.03. The molecule has 2 aliphatic rings. The van der Waals surface area contributed by atoms with Gasteiger partial charge in [0.2, 0.25) is 0 Å². The Morgan fingerprint density at radius 2 is 1.83 bits per heavy atom. The van der Waals surface area contributed by atoms with Crippen molar-refractivity contribution < 1.29 is 19.1 Å². The average Bonchev–Trinajstić information content (AvgIpc) is 2.99. The molecule has 0 radical (unpaired) electrons. The normalized spacial score (nSPS) is 30.7. The van der Waals surface area contributed by atoms with E-state index in [4.69, 9.17) is 9.47 Å². The van der Waals surface area contributed by atoms with Crippen LogP contribution in [0.15, 0.2) is 0 Å². The molecular formula is C20H34O4. The molecule has 1 saturated heterocycles. The molecule has 5 unspecified atom stereocenters. The van der Waals surface area contributed by atoms with Crippen molar-refractivity contribution in [2.24, 2.45) is 34.5 Å². The zero-order valence-electron chi connectivity index (χ0n) is 16.3. The van der Waals surface area contributed by atoms with Crippen LogP contribution in [0.3, 0.4) is 0 Å². The van der Waals surface area contributed by atoms with Crippen molar-refractivity contribution in [1.29, 1.82) is 0 Å². The maximum atomic E-state index is 13.0. The number of hydrogen-bond acceptors (Lipinski definition) is 4. The summed E-state index contributed by atoms with van der Waals surface area (Å²) in [4.78, 5) is 24.7. The van der Waals surface area contributed by atoms with Crippen molar-refractivity contribution in [2.75, 3.05) is 6.61 Å². The van der Waals surface area contributed by atoms with Crippen LogP contribution in [-0.2, 0) is 19.1 Å². The van der Waals surface area contributed by atoms with Crippen molar-refractivity contribution in [1.82, 2.24) is 0 Å². The first-order chi connectivity index (χ1) is 11.0. The first-order valence-electron chi connectivity index (χ1n) is 9.33. The van der Waals surface area contributed by atoms with Crippen molar-refractivity contribution in [3.8, 4) is 0 Å². The Labute approximate surface area is 146 Å². The fourth-order valence-electron chi connectivity index (χ4n) is 4.23. The number of hydrogen-bond donors (Lipinski definition) is 0. The van der Waals surface area contributed by atoms with Gasteiger partial charge in [0.1, 0.15) is 6.10 Å². The van der Waals surface area contributed by atoms with E-state index in [0.717, 1.165) is 19.3 Å². The maximum Gasteiger partial charge on any atom is 0.312 e. The van der Waals surface area contributed by atoms with Crippen LogP contribution in [0.4, 0.5) is 0 Å². The Morgan fingerprint density at radius 1 is 1.21 bits per heavy atom. The van der Waals surface area contributed by atoms with Gasteiger partial charge in [0.05, 0.1) is 17.9 Å². The highest BCUT2D eigenvalue weighted by atomic mass is 16.5. The van der Waals surface area contributed by atoms with Gasteiger partial charge in [-0.2, -0.15) is 0 Å². The number of carbonyl (C=O) groups is 2. The van der Waals surface area contributed by atoms with Gasteiger partial charge in [-0.1, -0.05) is 34.6 Å². The molecule has 4 heteroatoms. The van der Waals surface area contributed by atoms with Crippen LogP contribution in [0.25, 0.3) is 0 Å². The summed E-state index contributed by atoms with van der Waals surface area (Å²) >= 11 is 0. The van der Waals surface area contributed by atoms with Crippen LogP contribution in [0.1, 0.15) is 67.7 Å². The lowest BCUT2D eigenvalue weighted by molar-refractivity contribution is -0.171. The molecular weight excluding hydrogens is 304 g/mol. The minimum atomic E-state index is -0.511. The van der Waals surface area contributed by atoms with Crippen LogP contribution < -0.4 is 0 Å². The lowest BCUT2D eigenvalue weighted by atomic mass is 9.64. The number of esters is 2. The van der Waals surface area contributed by atoms with Crippen LogP contribution in [0.2, 0.25) is 0 Å². The third-order valence-corrected chi connectivity index (χ3v) is 6.35. The van der Waals surface area contributed by atoms with E-state index in [1.807, 2.05) is 13.8 Å². The smallest absolute Gasteiger partial charge is 0.312 e. The summed E-state index contributed by atoms with van der Waals surface area (Å²) in [6, 6.07) is 0. The van der Waals surface area contributed by atoms with Gasteiger partial charge in [-0.15, -0.1) is 0 Å². The van der Waals surface area contributed by atoms with Crippen molar-refractivity contribution in [3.63, 3.8) is 0 Å². The highest BCUT2D eigenvalue weighted by Gasteiger charge is 2.49. The highest BCUT2D eigenvalue weighted by Crippen LogP contribution is 2.46. The van der Waals surface area contributed by atoms with Crippen LogP contribution >= 0.6 is 0 Å². The molecule has 0 aromatic heterocycles. The fraction of sp³-hybridized carbons (Fsp3) is 0.900. The van der Waals surface area contributed by atoms with E-state index >= 15 is 0 Å². The first kappa shape index (κ1) is 19.3. The Hall–Kier alpha value is -1.06. The summed E-state index contributed by atoms with van der Waals surface area (Å²) < 4.78 is 11.1. The van der Waals surface area contributed by atoms with E-state index in [-0.39, 0.29) is 35.3 Å². The third kappa shape index (κ3) is 3.62. The van der Waals surface area contributed by atoms with Gasteiger partial charge >= 0.3 is 11.9 Å². The molecule has 0 N–H and O–H groups in total. The van der Waals surface area contributed by atoms with Gasteiger partial charge in [-0.25, -0.2) is 0 Å². The largest absolute Gasteiger partial charge is 0.465 e. The predicted octanol–water partition coefficient (Wildman–Crippen LogP) is 4.22. The summed E-state index contributed by atoms with van der Waals surface area (Å²) in [5.41, 5.74) is -0.674. The second-order valence-corrected chi connectivity index (χ2v) is 9.52. The zero-order valence-corrected chi connectivity index (χ0v) is 16.3. The molecule has 0 amide bonds. The molecule has 0 aromatic carbocycles. The van der Waals surface area contributed by atoms with Crippen molar-refractivity contribution in [3.05, 3.63) is 0 Å². The molecule has 1 aliphatic carbocycles. The van der Waals surface area contributed by atoms with Gasteiger partial charge in [0.15, 0.2) is 0 Å². The SMILES string of the molecule is CC(C)CC(C)(C(=O)OC(C)C1CC2COC(=O)C2C1)C(C)(C)C. The molecule has 0 aromatic rings. The topological polar surface area (TPSA) is 52.6 Å². The summed E-state index contributed by atoms with van der Waals surface area (Å²) in [7, 11) is 0. The minimum absolute atomic E-state index is 0.0146. The monoisotopic (exact) mass is 338 g/mol. The Bertz CT molecular complexity index is 490. The molecule has 1 saturated carbocycles. The van der Waals surface area contributed by atoms with E-state index in [9.17, 15) is 9.59 Å². The van der Waals surface area contributed by atoms with Crippen LogP contribution in [-0.4, -0.2) is 24.6 Å². The molecule has 1 heterocycles. The third-order valence-electron chi connectivity index (χ3n) is 6.35. The lowest BCUT2D eigenvalue weighted by Crippen LogP contribution is -2.44. The number of cyclic esters (lactones) is 1. The summed E-state index contributed by atoms with van der Waals surface area (Å²) in [5, 5.41) is 0. The van der Waals surface area contributed by atoms with Gasteiger partial charge in [0.25, 0.3) is 0 Å². The van der Waals surface area contributed by atoms with Crippen molar-refractivity contribution in [2.45, 2.75) is 73.8 Å². The van der Waals surface area contributed by atoms with Gasteiger partial charge in [-0.3, -0.25) is 9.59 Å². The van der Waals surface area contributed by atoms with E-state index in [0.29, 0.717) is 18.4 Å². The quantitative estimate of drug-likeness (QED) is 0.704. The molecule has 0 bridgehead atoms. The fourth-order valence-corrected chi connectivity index (χ4v) is 4.23. The van der Waals surface area contributed by atoms with Gasteiger partial charge in [0, 0.05) is 5.92 Å². The second-order valence-electron chi connectivity index (χ2n) is 9.52. The molecule has 2 fully saturated rings. The molecule has 0 spiro atoms. The Morgan fingerprint density at radius 3 is 2.33 bits per heavy atom. The summed E-state index contributed by atoms with van der Waals surface area (Å²) in [6.07, 6.45) is 2.37. The standard InChI is InChI=1S/C20H34O4/c1-12(2)10-20(7,19(4,5)6)18(22)24-13(3)14-8-15-11-23-17(21)16(15)9-14/h12-16H,8-11H2,1-7H3. The molecule has 2 rings (SSSR count). The van der Waals surface area contributed by atoms with Crippen LogP contribution in [0, 0.1) is 34.5 Å². The molecule has 5 atom stereocenters. The van der Waals surface area contributed by atoms with E-state index in [1.54, 1.807) is 0 Å². The number of rotatable bonds is 5. The summed E-state index contributed by atoms with van der Waals surface area (Å²) in [6.45, 7) is 15.2. The number of carbonyl (C=O) groups excluding carboxylic acids is 2. The molecule has 24 heavy (non-hydrogen) atoms. The van der Waals surface area contributed by atoms with Gasteiger partial charge < -0.3 is 9.47 Å². The first-order valence-corrected chi connectivity index (χ1v) is 9.33. The summed E-state index contributed by atoms with van der Waals surface area (Å²) in [5.74, 6) is 0.850. The molecule has 1 aliphatic heterocycles. The Kier molecular flexibility index (Phi) is 5.37. The highest BCUT2D eigenvalue weighted by molar-refractivity contribution is 5.78. The molecule has 138 valence electrons. The van der Waals surface area contributed by atoms with Gasteiger partial charge in [-0.05, 0) is 50.4 Å². The van der Waals surface area contributed by atoms with Crippen LogP contribution in [0.5, 0.6) is 0 Å².